The predicted molar refractivity (Wildman–Crippen MR) is 114 cm³/mol. The molecule has 0 spiro atoms. The maximum atomic E-state index is 13.0. The molecule has 0 heterocycles. The van der Waals surface area contributed by atoms with Crippen LogP contribution in [0.15, 0.2) is 54.6 Å². The number of aromatic hydroxyl groups is 2. The van der Waals surface area contributed by atoms with Crippen LogP contribution in [0.2, 0.25) is 20.1 Å². The Kier molecular flexibility index (Phi) is 5.98. The molecule has 5 nitrogen and oxygen atoms in total. The number of phenolic OH excluding ortho intramolecular Hbond substituents is 2. The van der Waals surface area contributed by atoms with Gasteiger partial charge in [0.05, 0.1) is 5.02 Å². The molecule has 0 saturated carbocycles. The lowest BCUT2D eigenvalue weighted by Crippen LogP contribution is -2.39. The van der Waals surface area contributed by atoms with Crippen molar-refractivity contribution in [1.82, 2.24) is 0 Å². The molecule has 0 amide bonds. The third-order valence-corrected chi connectivity index (χ3v) is 6.86. The van der Waals surface area contributed by atoms with E-state index in [9.17, 15) is 23.2 Å². The van der Waals surface area contributed by atoms with Crippen LogP contribution in [0.3, 0.4) is 0 Å². The smallest absolute Gasteiger partial charge is 0.283 e. The van der Waals surface area contributed by atoms with E-state index in [4.69, 9.17) is 46.4 Å². The number of phenols is 2. The van der Waals surface area contributed by atoms with Crippen molar-refractivity contribution in [1.29, 1.82) is 0 Å². The highest BCUT2D eigenvalue weighted by atomic mass is 35.5. The van der Waals surface area contributed by atoms with E-state index in [1.807, 2.05) is 0 Å². The van der Waals surface area contributed by atoms with Crippen LogP contribution < -0.4 is 0 Å². The Morgan fingerprint density at radius 3 is 1.97 bits per heavy atom. The SMILES string of the molecule is O=S(=O)(O)C(c1ccccc1O)(c1cc(Cl)ccc1Cl)c1c(O)cc(Cl)cc1Cl. The number of hydrogen-bond acceptors (Lipinski definition) is 4. The summed E-state index contributed by atoms with van der Waals surface area (Å²) in [7, 11) is -5.20. The zero-order valence-electron chi connectivity index (χ0n) is 14.3. The van der Waals surface area contributed by atoms with Crippen molar-refractivity contribution in [3.05, 3.63) is 91.4 Å². The summed E-state index contributed by atoms with van der Waals surface area (Å²) in [5.41, 5.74) is -0.974. The van der Waals surface area contributed by atoms with Crippen LogP contribution in [0.25, 0.3) is 0 Å². The van der Waals surface area contributed by atoms with Crippen molar-refractivity contribution in [2.24, 2.45) is 0 Å². The van der Waals surface area contributed by atoms with Crippen LogP contribution in [0.4, 0.5) is 0 Å². The van der Waals surface area contributed by atoms with Gasteiger partial charge < -0.3 is 10.2 Å². The summed E-state index contributed by atoms with van der Waals surface area (Å²) in [5, 5.41) is 20.9. The van der Waals surface area contributed by atoms with Gasteiger partial charge in [-0.15, -0.1) is 0 Å². The molecule has 0 aliphatic carbocycles. The maximum absolute atomic E-state index is 13.0. The van der Waals surface area contributed by atoms with Crippen molar-refractivity contribution in [2.45, 2.75) is 4.75 Å². The Bertz CT molecular complexity index is 1190. The van der Waals surface area contributed by atoms with E-state index in [-0.39, 0.29) is 31.2 Å². The Morgan fingerprint density at radius 2 is 1.38 bits per heavy atom. The fourth-order valence-electron chi connectivity index (χ4n) is 3.27. The van der Waals surface area contributed by atoms with Gasteiger partial charge in [0, 0.05) is 31.8 Å². The van der Waals surface area contributed by atoms with Crippen molar-refractivity contribution < 1.29 is 23.2 Å². The number of para-hydroxylation sites is 1. The first-order chi connectivity index (χ1) is 13.5. The first-order valence-electron chi connectivity index (χ1n) is 7.89. The van der Waals surface area contributed by atoms with Crippen molar-refractivity contribution >= 4 is 56.5 Å². The topological polar surface area (TPSA) is 94.8 Å². The van der Waals surface area contributed by atoms with Crippen LogP contribution in [0.1, 0.15) is 16.7 Å². The number of benzene rings is 3. The second kappa shape index (κ2) is 7.87. The lowest BCUT2D eigenvalue weighted by atomic mass is 9.82. The third kappa shape index (κ3) is 3.65. The molecule has 3 aromatic carbocycles. The molecule has 0 saturated heterocycles. The van der Waals surface area contributed by atoms with Gasteiger partial charge in [0.15, 0.2) is 4.75 Å². The minimum Gasteiger partial charge on any atom is -0.508 e. The fraction of sp³-hybridized carbons (Fsp3) is 0.0526. The van der Waals surface area contributed by atoms with E-state index in [2.05, 4.69) is 0 Å². The van der Waals surface area contributed by atoms with Crippen LogP contribution >= 0.6 is 46.4 Å². The van der Waals surface area contributed by atoms with Crippen LogP contribution in [0.5, 0.6) is 11.5 Å². The van der Waals surface area contributed by atoms with Gasteiger partial charge in [0.2, 0.25) is 0 Å². The Hall–Kier alpha value is -1.67. The third-order valence-electron chi connectivity index (χ3n) is 4.36. The highest BCUT2D eigenvalue weighted by Gasteiger charge is 2.54. The maximum Gasteiger partial charge on any atom is 0.283 e. The van der Waals surface area contributed by atoms with Crippen LogP contribution in [-0.4, -0.2) is 23.2 Å². The summed E-state index contributed by atoms with van der Waals surface area (Å²) in [6.07, 6.45) is 0. The van der Waals surface area contributed by atoms with E-state index in [1.165, 1.54) is 48.5 Å². The van der Waals surface area contributed by atoms with Gasteiger partial charge >= 0.3 is 0 Å². The molecular weight excluding hydrogens is 482 g/mol. The van der Waals surface area contributed by atoms with E-state index < -0.39 is 31.9 Å². The average molecular weight is 494 g/mol. The largest absolute Gasteiger partial charge is 0.508 e. The highest BCUT2D eigenvalue weighted by Crippen LogP contribution is 2.54. The fourth-order valence-corrected chi connectivity index (χ4v) is 5.81. The minimum absolute atomic E-state index is 0.0231. The molecule has 0 aliphatic rings. The van der Waals surface area contributed by atoms with Gasteiger partial charge in [-0.3, -0.25) is 4.55 Å². The lowest BCUT2D eigenvalue weighted by Gasteiger charge is -2.34. The molecule has 10 heteroatoms. The van der Waals surface area contributed by atoms with Crippen molar-refractivity contribution in [3.8, 4) is 11.5 Å². The van der Waals surface area contributed by atoms with Crippen molar-refractivity contribution in [3.63, 3.8) is 0 Å². The molecule has 1 atom stereocenters. The molecule has 1 unspecified atom stereocenters. The Morgan fingerprint density at radius 1 is 0.724 bits per heavy atom. The molecular formula is C19H12Cl4O5S. The zero-order valence-corrected chi connectivity index (χ0v) is 18.1. The summed E-state index contributed by atoms with van der Waals surface area (Å²) >= 11 is 24.6. The van der Waals surface area contributed by atoms with Crippen molar-refractivity contribution in [2.75, 3.05) is 0 Å². The molecule has 0 radical (unpaired) electrons. The highest BCUT2D eigenvalue weighted by molar-refractivity contribution is 7.87. The summed E-state index contributed by atoms with van der Waals surface area (Å²) in [4.78, 5) is 0. The Balaban J connectivity index is 2.68. The van der Waals surface area contributed by atoms with Crippen LogP contribution in [-0.2, 0) is 14.9 Å². The molecule has 3 rings (SSSR count). The van der Waals surface area contributed by atoms with E-state index in [0.29, 0.717) is 0 Å². The van der Waals surface area contributed by atoms with E-state index >= 15 is 0 Å². The van der Waals surface area contributed by atoms with Crippen LogP contribution in [0, 0.1) is 0 Å². The predicted octanol–water partition coefficient (Wildman–Crippen LogP) is 5.89. The van der Waals surface area contributed by atoms with E-state index in [1.54, 1.807) is 0 Å². The minimum atomic E-state index is -5.20. The summed E-state index contributed by atoms with van der Waals surface area (Å²) < 4.78 is 33.9. The number of hydrogen-bond donors (Lipinski definition) is 3. The first kappa shape index (κ1) is 22.0. The summed E-state index contributed by atoms with van der Waals surface area (Å²) in [5.74, 6) is -1.13. The standard InChI is InChI=1S/C19H12Cl4O5S/c20-10-5-6-14(22)13(7-10)19(29(26,27)28,12-3-1-2-4-16(12)24)18-15(23)8-11(21)9-17(18)25/h1-9,24-25H,(H,26,27,28). The normalized spacial score (nSPS) is 13.8. The van der Waals surface area contributed by atoms with E-state index in [0.717, 1.165) is 6.07 Å². The monoisotopic (exact) mass is 492 g/mol. The first-order valence-corrected chi connectivity index (χ1v) is 10.8. The lowest BCUT2D eigenvalue weighted by molar-refractivity contribution is 0.428. The van der Waals surface area contributed by atoms with Gasteiger partial charge in [-0.25, -0.2) is 0 Å². The molecule has 0 aliphatic heterocycles. The van der Waals surface area contributed by atoms with Gasteiger partial charge in [-0.05, 0) is 36.4 Å². The quantitative estimate of drug-likeness (QED) is 0.311. The molecule has 3 aromatic rings. The number of rotatable bonds is 4. The van der Waals surface area contributed by atoms with Gasteiger partial charge in [0.1, 0.15) is 11.5 Å². The molecule has 0 fully saturated rings. The van der Waals surface area contributed by atoms with Gasteiger partial charge in [0.25, 0.3) is 10.1 Å². The van der Waals surface area contributed by atoms with Gasteiger partial charge in [-0.1, -0.05) is 64.6 Å². The number of halogens is 4. The zero-order chi connectivity index (χ0) is 21.6. The summed E-state index contributed by atoms with van der Waals surface area (Å²) in [6, 6.07) is 11.5. The average Bonchev–Trinajstić information content (AvgIpc) is 2.60. The molecule has 3 N–H and O–H groups in total. The summed E-state index contributed by atoms with van der Waals surface area (Å²) in [6.45, 7) is 0. The molecule has 29 heavy (non-hydrogen) atoms. The molecule has 0 bridgehead atoms. The Labute approximate surface area is 186 Å². The molecule has 152 valence electrons. The second-order valence-electron chi connectivity index (χ2n) is 6.08. The second-order valence-corrected chi connectivity index (χ2v) is 9.33. The van der Waals surface area contributed by atoms with Gasteiger partial charge in [-0.2, -0.15) is 8.42 Å². The molecule has 0 aromatic heterocycles.